The van der Waals surface area contributed by atoms with Crippen molar-refractivity contribution in [2.45, 2.75) is 32.7 Å². The maximum atomic E-state index is 12.3. The summed E-state index contributed by atoms with van der Waals surface area (Å²) in [6, 6.07) is 6.25. The Morgan fingerprint density at radius 3 is 2.75 bits per heavy atom. The third kappa shape index (κ3) is 4.82. The summed E-state index contributed by atoms with van der Waals surface area (Å²) in [7, 11) is 0. The monoisotopic (exact) mass is 357 g/mol. The van der Waals surface area contributed by atoms with Crippen LogP contribution in [0.5, 0.6) is 5.75 Å². The number of nitro benzene ring substituents is 1. The number of nitrogens with zero attached hydrogens (tertiary/aromatic N) is 2. The van der Waals surface area contributed by atoms with Crippen molar-refractivity contribution in [1.82, 2.24) is 4.90 Å². The summed E-state index contributed by atoms with van der Waals surface area (Å²) in [5.74, 6) is 0.176. The van der Waals surface area contributed by atoms with E-state index in [0.29, 0.717) is 13.1 Å². The Labute approximate surface area is 147 Å². The minimum atomic E-state index is -0.494. The summed E-state index contributed by atoms with van der Waals surface area (Å²) >= 11 is 0. The molecule has 0 radical (unpaired) electrons. The number of benzene rings is 1. The van der Waals surface area contributed by atoms with E-state index in [1.807, 2.05) is 0 Å². The molecule has 2 rings (SSSR count). The lowest BCUT2D eigenvalue weighted by Crippen LogP contribution is -2.54. The standard InChI is InChI=1S/C16H23N3O4.ClH/c1-16(2)11-18(9-7-14(16)17)15(20)8-10-23-13-6-4-3-5-12(13)19(21)22;/h3-6,14H,7-11,17H2,1-2H3;1H. The number of hydrogen-bond donors (Lipinski definition) is 1. The number of carbonyl (C=O) groups is 1. The fourth-order valence-electron chi connectivity index (χ4n) is 2.72. The van der Waals surface area contributed by atoms with Gasteiger partial charge in [-0.3, -0.25) is 14.9 Å². The topological polar surface area (TPSA) is 98.7 Å². The fraction of sp³-hybridized carbons (Fsp3) is 0.562. The predicted octanol–water partition coefficient (Wildman–Crippen LogP) is 2.37. The van der Waals surface area contributed by atoms with Gasteiger partial charge in [0.2, 0.25) is 5.91 Å². The van der Waals surface area contributed by atoms with Crippen LogP contribution in [-0.4, -0.2) is 41.5 Å². The van der Waals surface area contributed by atoms with Crippen LogP contribution in [-0.2, 0) is 4.79 Å². The lowest BCUT2D eigenvalue weighted by atomic mass is 9.79. The summed E-state index contributed by atoms with van der Waals surface area (Å²) in [6.07, 6.45) is 0.973. The molecule has 0 bridgehead atoms. The third-order valence-electron chi connectivity index (χ3n) is 4.30. The van der Waals surface area contributed by atoms with Crippen LogP contribution >= 0.6 is 12.4 Å². The zero-order chi connectivity index (χ0) is 17.0. The van der Waals surface area contributed by atoms with Gasteiger partial charge in [-0.05, 0) is 17.9 Å². The second-order valence-corrected chi connectivity index (χ2v) is 6.52. The van der Waals surface area contributed by atoms with Gasteiger partial charge < -0.3 is 15.4 Å². The van der Waals surface area contributed by atoms with E-state index >= 15 is 0 Å². The number of hydrogen-bond acceptors (Lipinski definition) is 5. The van der Waals surface area contributed by atoms with E-state index in [0.717, 1.165) is 6.42 Å². The van der Waals surface area contributed by atoms with Gasteiger partial charge in [0.15, 0.2) is 5.75 Å². The first-order valence-electron chi connectivity index (χ1n) is 7.71. The van der Waals surface area contributed by atoms with Gasteiger partial charge in [-0.1, -0.05) is 26.0 Å². The molecule has 8 heteroatoms. The highest BCUT2D eigenvalue weighted by atomic mass is 35.5. The van der Waals surface area contributed by atoms with Crippen LogP contribution in [0.3, 0.4) is 0 Å². The van der Waals surface area contributed by atoms with Gasteiger partial charge in [0.05, 0.1) is 18.0 Å². The van der Waals surface area contributed by atoms with Gasteiger partial charge in [-0.25, -0.2) is 0 Å². The first kappa shape index (κ1) is 20.2. The molecule has 1 unspecified atom stereocenters. The molecule has 0 aromatic heterocycles. The number of halogens is 1. The van der Waals surface area contributed by atoms with Crippen molar-refractivity contribution in [2.75, 3.05) is 19.7 Å². The molecule has 1 amide bonds. The fourth-order valence-corrected chi connectivity index (χ4v) is 2.72. The zero-order valence-corrected chi connectivity index (χ0v) is 14.8. The summed E-state index contributed by atoms with van der Waals surface area (Å²) in [4.78, 5) is 24.5. The number of amides is 1. The molecule has 1 atom stereocenters. The largest absolute Gasteiger partial charge is 0.486 e. The second-order valence-electron chi connectivity index (χ2n) is 6.52. The molecule has 0 aliphatic carbocycles. The maximum Gasteiger partial charge on any atom is 0.310 e. The number of nitrogens with two attached hydrogens (primary N) is 1. The second kappa shape index (κ2) is 8.30. The van der Waals surface area contributed by atoms with Gasteiger partial charge in [-0.15, -0.1) is 12.4 Å². The SMILES string of the molecule is CC1(C)CN(C(=O)CCOc2ccccc2[N+](=O)[O-])CCC1N.Cl. The lowest BCUT2D eigenvalue weighted by molar-refractivity contribution is -0.385. The molecule has 7 nitrogen and oxygen atoms in total. The van der Waals surface area contributed by atoms with Crippen molar-refractivity contribution in [1.29, 1.82) is 0 Å². The molecular formula is C16H24ClN3O4. The smallest absolute Gasteiger partial charge is 0.310 e. The Morgan fingerprint density at radius 1 is 1.46 bits per heavy atom. The molecule has 134 valence electrons. The van der Waals surface area contributed by atoms with E-state index in [4.69, 9.17) is 10.5 Å². The molecule has 0 spiro atoms. The van der Waals surface area contributed by atoms with Crippen LogP contribution in [0.1, 0.15) is 26.7 Å². The first-order valence-corrected chi connectivity index (χ1v) is 7.71. The van der Waals surface area contributed by atoms with E-state index in [2.05, 4.69) is 13.8 Å². The highest BCUT2D eigenvalue weighted by molar-refractivity contribution is 5.85. The van der Waals surface area contributed by atoms with Gasteiger partial charge in [0, 0.05) is 25.2 Å². The normalized spacial score (nSPS) is 19.3. The Hall–Kier alpha value is -1.86. The molecule has 0 saturated carbocycles. The molecule has 1 heterocycles. The minimum absolute atomic E-state index is 0. The molecule has 24 heavy (non-hydrogen) atoms. The van der Waals surface area contributed by atoms with Gasteiger partial charge in [-0.2, -0.15) is 0 Å². The molecule has 1 aromatic carbocycles. The highest BCUT2D eigenvalue weighted by Crippen LogP contribution is 2.28. The molecule has 1 aromatic rings. The van der Waals surface area contributed by atoms with E-state index in [1.165, 1.54) is 12.1 Å². The molecular weight excluding hydrogens is 334 g/mol. The molecule has 1 aliphatic rings. The molecule has 1 saturated heterocycles. The highest BCUT2D eigenvalue weighted by Gasteiger charge is 2.35. The Morgan fingerprint density at radius 2 is 2.12 bits per heavy atom. The van der Waals surface area contributed by atoms with Gasteiger partial charge in [0.1, 0.15) is 0 Å². The minimum Gasteiger partial charge on any atom is -0.486 e. The summed E-state index contributed by atoms with van der Waals surface area (Å²) in [5, 5.41) is 10.9. The zero-order valence-electron chi connectivity index (χ0n) is 13.9. The maximum absolute atomic E-state index is 12.3. The Balaban J connectivity index is 0.00000288. The van der Waals surface area contributed by atoms with Crippen molar-refractivity contribution in [2.24, 2.45) is 11.1 Å². The van der Waals surface area contributed by atoms with Crippen LogP contribution in [0.25, 0.3) is 0 Å². The van der Waals surface area contributed by atoms with E-state index < -0.39 is 4.92 Å². The molecule has 1 fully saturated rings. The average molecular weight is 358 g/mol. The van der Waals surface area contributed by atoms with Gasteiger partial charge in [0.25, 0.3) is 0 Å². The number of nitro groups is 1. The van der Waals surface area contributed by atoms with Crippen molar-refractivity contribution in [3.8, 4) is 5.75 Å². The molecule has 1 aliphatic heterocycles. The van der Waals surface area contributed by atoms with Crippen LogP contribution in [0, 0.1) is 15.5 Å². The van der Waals surface area contributed by atoms with E-state index in [9.17, 15) is 14.9 Å². The average Bonchev–Trinajstić information content (AvgIpc) is 2.50. The van der Waals surface area contributed by atoms with Crippen LogP contribution < -0.4 is 10.5 Å². The number of carbonyl (C=O) groups excluding carboxylic acids is 1. The van der Waals surface area contributed by atoms with Crippen LogP contribution in [0.15, 0.2) is 24.3 Å². The van der Waals surface area contributed by atoms with Gasteiger partial charge >= 0.3 is 5.69 Å². The summed E-state index contributed by atoms with van der Waals surface area (Å²) in [6.45, 7) is 5.50. The van der Waals surface area contributed by atoms with E-state index in [-0.39, 0.29) is 54.2 Å². The van der Waals surface area contributed by atoms with Crippen LogP contribution in [0.4, 0.5) is 5.69 Å². The predicted molar refractivity (Wildman–Crippen MR) is 93.4 cm³/mol. The van der Waals surface area contributed by atoms with E-state index in [1.54, 1.807) is 17.0 Å². The summed E-state index contributed by atoms with van der Waals surface area (Å²) in [5.41, 5.74) is 5.87. The number of ether oxygens (including phenoxy) is 1. The van der Waals surface area contributed by atoms with Crippen molar-refractivity contribution >= 4 is 24.0 Å². The van der Waals surface area contributed by atoms with Crippen molar-refractivity contribution in [3.63, 3.8) is 0 Å². The number of likely N-dealkylation sites (tertiary alicyclic amines) is 1. The number of para-hydroxylation sites is 2. The number of piperidine rings is 1. The Kier molecular flexibility index (Phi) is 6.98. The number of rotatable bonds is 5. The van der Waals surface area contributed by atoms with Crippen molar-refractivity contribution < 1.29 is 14.5 Å². The first-order chi connectivity index (χ1) is 10.8. The Bertz CT molecular complexity index is 594. The lowest BCUT2D eigenvalue weighted by Gasteiger charge is -2.42. The third-order valence-corrected chi connectivity index (χ3v) is 4.30. The molecule has 2 N–H and O–H groups in total. The van der Waals surface area contributed by atoms with Crippen LogP contribution in [0.2, 0.25) is 0 Å². The summed E-state index contributed by atoms with van der Waals surface area (Å²) < 4.78 is 5.42. The van der Waals surface area contributed by atoms with Crippen molar-refractivity contribution in [3.05, 3.63) is 34.4 Å². The quantitative estimate of drug-likeness (QED) is 0.644.